The zero-order chi connectivity index (χ0) is 19.6. The minimum atomic E-state index is -2.03. The van der Waals surface area contributed by atoms with Crippen LogP contribution in [-0.4, -0.2) is 31.8 Å². The van der Waals surface area contributed by atoms with E-state index < -0.39 is 40.4 Å². The number of aliphatic hydroxyl groups is 2. The van der Waals surface area contributed by atoms with Crippen molar-refractivity contribution in [1.82, 2.24) is 4.57 Å². The van der Waals surface area contributed by atoms with Gasteiger partial charge in [-0.15, -0.1) is 0 Å². The van der Waals surface area contributed by atoms with Gasteiger partial charge >= 0.3 is 11.9 Å². The smallest absolute Gasteiger partial charge is 0.343 e. The van der Waals surface area contributed by atoms with Crippen LogP contribution in [0.1, 0.15) is 57.0 Å². The molecule has 0 fully saturated rings. The fourth-order valence-corrected chi connectivity index (χ4v) is 3.49. The van der Waals surface area contributed by atoms with Crippen molar-refractivity contribution >= 4 is 17.7 Å². The minimum absolute atomic E-state index is 0.0274. The van der Waals surface area contributed by atoms with Gasteiger partial charge < -0.3 is 24.6 Å². The molecule has 0 saturated carbocycles. The molecule has 2 aliphatic heterocycles. The van der Waals surface area contributed by atoms with Crippen LogP contribution in [0, 0.1) is 5.41 Å². The summed E-state index contributed by atoms with van der Waals surface area (Å²) in [7, 11) is 0. The molecule has 0 bridgehead atoms. The average molecular weight is 363 g/mol. The van der Waals surface area contributed by atoms with Gasteiger partial charge in [-0.05, 0) is 12.5 Å². The van der Waals surface area contributed by atoms with Gasteiger partial charge in [0.15, 0.2) is 11.4 Å². The highest BCUT2D eigenvalue weighted by atomic mass is 16.6. The predicted molar refractivity (Wildman–Crippen MR) is 90.4 cm³/mol. The van der Waals surface area contributed by atoms with Gasteiger partial charge in [0.05, 0.1) is 17.8 Å². The molecule has 140 valence electrons. The molecule has 0 amide bonds. The molecule has 3 N–H and O–H groups in total. The largest absolute Gasteiger partial charge is 0.505 e. The van der Waals surface area contributed by atoms with Gasteiger partial charge in [-0.3, -0.25) is 4.79 Å². The van der Waals surface area contributed by atoms with Crippen LogP contribution in [0.15, 0.2) is 16.4 Å². The first-order chi connectivity index (χ1) is 11.9. The fourth-order valence-electron chi connectivity index (χ4n) is 3.49. The molecule has 3 heterocycles. The number of carbonyl (C=O) groups is 2. The molecule has 26 heavy (non-hydrogen) atoms. The van der Waals surface area contributed by atoms with E-state index in [2.05, 4.69) is 0 Å². The summed E-state index contributed by atoms with van der Waals surface area (Å²) in [6, 6.07) is 1.32. The SMILES string of the molecule is CCC1(O)C(=O)O[C@@H](C(C)(C)C)c2c1cc1n(c2=O)CC(C(=O)O)=C1O. The van der Waals surface area contributed by atoms with E-state index in [0.29, 0.717) is 0 Å². The van der Waals surface area contributed by atoms with E-state index in [1.807, 2.05) is 0 Å². The molecule has 2 atom stereocenters. The molecule has 0 spiro atoms. The number of nitrogens with zero attached hydrogens (tertiary/aromatic N) is 1. The van der Waals surface area contributed by atoms with Gasteiger partial charge in [-0.25, -0.2) is 9.59 Å². The van der Waals surface area contributed by atoms with Crippen LogP contribution in [0.3, 0.4) is 0 Å². The molecule has 1 aromatic heterocycles. The van der Waals surface area contributed by atoms with Crippen molar-refractivity contribution in [3.8, 4) is 0 Å². The maximum absolute atomic E-state index is 13.1. The summed E-state index contributed by atoms with van der Waals surface area (Å²) in [5, 5.41) is 30.3. The Hall–Kier alpha value is -2.61. The van der Waals surface area contributed by atoms with E-state index in [1.165, 1.54) is 6.07 Å². The Morgan fingerprint density at radius 1 is 1.38 bits per heavy atom. The Morgan fingerprint density at radius 2 is 2.00 bits per heavy atom. The zero-order valence-electron chi connectivity index (χ0n) is 15.0. The Kier molecular flexibility index (Phi) is 3.81. The molecule has 8 nitrogen and oxygen atoms in total. The summed E-state index contributed by atoms with van der Waals surface area (Å²) in [6.45, 7) is 6.66. The molecule has 0 aromatic carbocycles. The van der Waals surface area contributed by atoms with E-state index in [9.17, 15) is 29.7 Å². The van der Waals surface area contributed by atoms with Gasteiger partial charge in [0.25, 0.3) is 5.56 Å². The lowest BCUT2D eigenvalue weighted by Crippen LogP contribution is -2.48. The summed E-state index contributed by atoms with van der Waals surface area (Å²) in [6.07, 6.45) is -0.937. The Bertz CT molecular complexity index is 919. The number of aliphatic carboxylic acids is 1. The predicted octanol–water partition coefficient (Wildman–Crippen LogP) is 1.46. The number of aliphatic hydroxyl groups excluding tert-OH is 1. The lowest BCUT2D eigenvalue weighted by Gasteiger charge is -2.41. The first-order valence-corrected chi connectivity index (χ1v) is 8.31. The second kappa shape index (κ2) is 5.44. The standard InChI is InChI=1S/C18H21NO7/c1-5-18(25)9-6-10-12(20)8(15(22)23)7-19(10)14(21)11(9)13(17(2,3)4)26-16(18)24/h6,13,20,25H,5,7H2,1-4H3,(H,22,23)/t13-,18?/m1/s1. The van der Waals surface area contributed by atoms with Crippen LogP contribution in [0.2, 0.25) is 0 Å². The van der Waals surface area contributed by atoms with Crippen LogP contribution in [0.5, 0.6) is 0 Å². The number of ether oxygens (including phenoxy) is 1. The Balaban J connectivity index is 2.37. The molecular weight excluding hydrogens is 342 g/mol. The lowest BCUT2D eigenvalue weighted by atomic mass is 9.76. The highest BCUT2D eigenvalue weighted by molar-refractivity contribution is 5.96. The van der Waals surface area contributed by atoms with Crippen molar-refractivity contribution in [1.29, 1.82) is 0 Å². The number of pyridine rings is 1. The number of carboxylic acid groups (broad SMARTS) is 1. The van der Waals surface area contributed by atoms with Gasteiger partial charge in [-0.2, -0.15) is 0 Å². The van der Waals surface area contributed by atoms with Gasteiger partial charge in [-0.1, -0.05) is 27.7 Å². The van der Waals surface area contributed by atoms with E-state index in [1.54, 1.807) is 27.7 Å². The molecule has 2 aliphatic rings. The maximum atomic E-state index is 13.1. The summed E-state index contributed by atoms with van der Waals surface area (Å²) < 4.78 is 6.56. The van der Waals surface area contributed by atoms with E-state index >= 15 is 0 Å². The fraction of sp³-hybridized carbons (Fsp3) is 0.500. The first kappa shape index (κ1) is 18.2. The molecule has 1 unspecified atom stereocenters. The topological polar surface area (TPSA) is 126 Å². The lowest BCUT2D eigenvalue weighted by molar-refractivity contribution is -0.184. The number of aromatic nitrogens is 1. The average Bonchev–Trinajstić information content (AvgIpc) is 2.88. The van der Waals surface area contributed by atoms with Crippen molar-refractivity contribution in [3.63, 3.8) is 0 Å². The number of rotatable bonds is 2. The van der Waals surface area contributed by atoms with Crippen LogP contribution in [0.25, 0.3) is 5.76 Å². The third-order valence-corrected chi connectivity index (χ3v) is 5.01. The highest BCUT2D eigenvalue weighted by Crippen LogP contribution is 2.46. The van der Waals surface area contributed by atoms with Crippen LogP contribution >= 0.6 is 0 Å². The van der Waals surface area contributed by atoms with Gasteiger partial charge in [0, 0.05) is 11.0 Å². The zero-order valence-corrected chi connectivity index (χ0v) is 15.0. The van der Waals surface area contributed by atoms with Gasteiger partial charge in [0.1, 0.15) is 11.7 Å². The third kappa shape index (κ3) is 2.28. The summed E-state index contributed by atoms with van der Waals surface area (Å²) in [4.78, 5) is 36.9. The second-order valence-electron chi connectivity index (χ2n) is 7.75. The van der Waals surface area contributed by atoms with E-state index in [-0.39, 0.29) is 35.4 Å². The molecule has 0 aliphatic carbocycles. The first-order valence-electron chi connectivity index (χ1n) is 8.31. The number of cyclic esters (lactones) is 1. The molecule has 0 saturated heterocycles. The Morgan fingerprint density at radius 3 is 2.50 bits per heavy atom. The summed E-state index contributed by atoms with van der Waals surface area (Å²) >= 11 is 0. The van der Waals surface area contributed by atoms with Crippen LogP contribution in [0.4, 0.5) is 0 Å². The van der Waals surface area contributed by atoms with Gasteiger partial charge in [0.2, 0.25) is 0 Å². The Labute approximate surface area is 149 Å². The molecule has 0 radical (unpaired) electrons. The molecular formula is C18H21NO7. The quantitative estimate of drug-likeness (QED) is 0.679. The third-order valence-electron chi connectivity index (χ3n) is 5.01. The van der Waals surface area contributed by atoms with Crippen molar-refractivity contribution < 1.29 is 29.6 Å². The number of carbonyl (C=O) groups excluding carboxylic acids is 1. The van der Waals surface area contributed by atoms with Crippen molar-refractivity contribution in [2.45, 2.75) is 52.4 Å². The molecule has 1 aromatic rings. The van der Waals surface area contributed by atoms with Crippen LogP contribution < -0.4 is 5.56 Å². The summed E-state index contributed by atoms with van der Waals surface area (Å²) in [5.41, 5.74) is -3.41. The monoisotopic (exact) mass is 363 g/mol. The maximum Gasteiger partial charge on any atom is 0.343 e. The molecule has 8 heteroatoms. The van der Waals surface area contributed by atoms with E-state index in [4.69, 9.17) is 4.74 Å². The van der Waals surface area contributed by atoms with Crippen molar-refractivity contribution in [2.24, 2.45) is 5.41 Å². The second-order valence-corrected chi connectivity index (χ2v) is 7.75. The number of fused-ring (bicyclic) bond motifs is 2. The minimum Gasteiger partial charge on any atom is -0.505 e. The van der Waals surface area contributed by atoms with Crippen molar-refractivity contribution in [2.75, 3.05) is 0 Å². The van der Waals surface area contributed by atoms with Crippen LogP contribution in [-0.2, 0) is 26.5 Å². The number of carboxylic acids is 1. The van der Waals surface area contributed by atoms with E-state index in [0.717, 1.165) is 4.57 Å². The number of hydrogen-bond acceptors (Lipinski definition) is 6. The normalized spacial score (nSPS) is 25.0. The van der Waals surface area contributed by atoms with Crippen molar-refractivity contribution in [3.05, 3.63) is 38.8 Å². The number of hydrogen-bond donors (Lipinski definition) is 3. The number of esters is 1. The highest BCUT2D eigenvalue weighted by Gasteiger charge is 2.51. The molecule has 3 rings (SSSR count). The summed E-state index contributed by atoms with van der Waals surface area (Å²) in [5.74, 6) is -2.74.